The summed E-state index contributed by atoms with van der Waals surface area (Å²) in [6, 6.07) is 5.47. The maximum atomic E-state index is 12.3. The van der Waals surface area contributed by atoms with E-state index < -0.39 is 6.35 Å². The molecule has 5 N–H and O–H groups in total. The first-order valence-corrected chi connectivity index (χ1v) is 9.77. The Morgan fingerprint density at radius 1 is 1.34 bits per heavy atom. The van der Waals surface area contributed by atoms with Crippen molar-refractivity contribution in [3.05, 3.63) is 64.4 Å². The molecule has 154 valence electrons. The molecular formula is C20H27N7O2. The minimum Gasteiger partial charge on any atom is -0.365 e. The van der Waals surface area contributed by atoms with Gasteiger partial charge in [0, 0.05) is 37.2 Å². The standard InChI is InChI=1S/C20H27N7O2/c1-4-21-20(29)25-19-23-15-9-14(13-8-12(2)26(3)17(28)11-13)10-16(18(15)24-19)27-7-5-6-22-27/h5-11,15,18-21,23-25,29H,4H2,1-3H3/t15?,18-,19?,20?/m0/s1. The van der Waals surface area contributed by atoms with Crippen molar-refractivity contribution in [3.8, 4) is 0 Å². The van der Waals surface area contributed by atoms with Crippen LogP contribution in [0.15, 0.2) is 47.5 Å². The number of aliphatic hydroxyl groups is 1. The van der Waals surface area contributed by atoms with Gasteiger partial charge in [0.1, 0.15) is 6.29 Å². The van der Waals surface area contributed by atoms with Crippen LogP contribution in [0.1, 0.15) is 18.2 Å². The molecule has 2 aromatic heterocycles. The molecule has 0 aromatic carbocycles. The highest BCUT2D eigenvalue weighted by Gasteiger charge is 2.38. The van der Waals surface area contributed by atoms with Crippen molar-refractivity contribution < 1.29 is 5.11 Å². The van der Waals surface area contributed by atoms with E-state index in [-0.39, 0.29) is 23.9 Å². The van der Waals surface area contributed by atoms with Crippen LogP contribution in [-0.2, 0) is 7.05 Å². The molecule has 3 heterocycles. The fourth-order valence-electron chi connectivity index (χ4n) is 3.77. The second kappa shape index (κ2) is 8.05. The Kier molecular flexibility index (Phi) is 5.48. The van der Waals surface area contributed by atoms with Gasteiger partial charge >= 0.3 is 0 Å². The molecule has 1 fully saturated rings. The van der Waals surface area contributed by atoms with E-state index in [2.05, 4.69) is 38.5 Å². The number of aromatic nitrogens is 3. The van der Waals surface area contributed by atoms with Crippen molar-refractivity contribution >= 4 is 11.3 Å². The number of hydrogen-bond acceptors (Lipinski definition) is 7. The highest BCUT2D eigenvalue weighted by atomic mass is 16.3. The van der Waals surface area contributed by atoms with Gasteiger partial charge in [0.15, 0.2) is 6.35 Å². The van der Waals surface area contributed by atoms with Gasteiger partial charge in [-0.15, -0.1) is 0 Å². The summed E-state index contributed by atoms with van der Waals surface area (Å²) in [6.07, 6.45) is 6.69. The number of nitrogens with one attached hydrogen (secondary N) is 4. The highest BCUT2D eigenvalue weighted by molar-refractivity contribution is 5.84. The van der Waals surface area contributed by atoms with Crippen LogP contribution in [0.5, 0.6) is 0 Å². The number of fused-ring (bicyclic) bond motifs is 1. The summed E-state index contributed by atoms with van der Waals surface area (Å²) in [5, 5.41) is 27.3. The van der Waals surface area contributed by atoms with Crippen LogP contribution >= 0.6 is 0 Å². The molecule has 1 saturated heterocycles. The van der Waals surface area contributed by atoms with Gasteiger partial charge in [0.05, 0.1) is 11.7 Å². The number of pyridine rings is 1. The zero-order valence-corrected chi connectivity index (χ0v) is 16.8. The fourth-order valence-corrected chi connectivity index (χ4v) is 3.77. The van der Waals surface area contributed by atoms with Crippen LogP contribution in [0.25, 0.3) is 11.3 Å². The molecule has 29 heavy (non-hydrogen) atoms. The van der Waals surface area contributed by atoms with Crippen molar-refractivity contribution in [3.63, 3.8) is 0 Å². The van der Waals surface area contributed by atoms with Gasteiger partial charge in [-0.1, -0.05) is 13.0 Å². The molecule has 2 aliphatic rings. The molecule has 4 rings (SSSR count). The molecule has 0 bridgehead atoms. The van der Waals surface area contributed by atoms with Crippen molar-refractivity contribution in [1.82, 2.24) is 35.6 Å². The van der Waals surface area contributed by atoms with E-state index in [9.17, 15) is 9.90 Å². The number of rotatable bonds is 6. The lowest BCUT2D eigenvalue weighted by Gasteiger charge is -2.25. The molecule has 1 aliphatic heterocycles. The first-order valence-electron chi connectivity index (χ1n) is 9.77. The lowest BCUT2D eigenvalue weighted by molar-refractivity contribution is 0.0830. The van der Waals surface area contributed by atoms with Crippen LogP contribution in [0.4, 0.5) is 0 Å². The van der Waals surface area contributed by atoms with Gasteiger partial charge in [-0.25, -0.2) is 4.68 Å². The second-order valence-electron chi connectivity index (χ2n) is 7.32. The molecule has 2 aromatic rings. The van der Waals surface area contributed by atoms with E-state index in [1.165, 1.54) is 0 Å². The molecule has 9 heteroatoms. The molecular weight excluding hydrogens is 370 g/mol. The van der Waals surface area contributed by atoms with Crippen LogP contribution < -0.4 is 26.8 Å². The van der Waals surface area contributed by atoms with Gasteiger partial charge in [0.25, 0.3) is 5.56 Å². The molecule has 9 nitrogen and oxygen atoms in total. The summed E-state index contributed by atoms with van der Waals surface area (Å²) in [5.41, 5.74) is 3.66. The minimum absolute atomic E-state index is 0.0371. The fraction of sp³-hybridized carbons (Fsp3) is 0.400. The smallest absolute Gasteiger partial charge is 0.251 e. The van der Waals surface area contributed by atoms with E-state index in [1.807, 2.05) is 36.9 Å². The van der Waals surface area contributed by atoms with Crippen molar-refractivity contribution in [2.24, 2.45) is 7.05 Å². The SMILES string of the molecule is CCNC(O)NC1NC2C=C(c3cc(C)n(C)c(=O)c3)C=C(n3cccn3)[C@H]2N1. The Bertz CT molecular complexity index is 993. The number of aryl methyl sites for hydroxylation is 1. The molecule has 0 spiro atoms. The molecule has 4 atom stereocenters. The van der Waals surface area contributed by atoms with Crippen molar-refractivity contribution in [1.29, 1.82) is 0 Å². The van der Waals surface area contributed by atoms with Gasteiger partial charge in [0.2, 0.25) is 0 Å². The predicted molar refractivity (Wildman–Crippen MR) is 111 cm³/mol. The highest BCUT2D eigenvalue weighted by Crippen LogP contribution is 2.30. The summed E-state index contributed by atoms with van der Waals surface area (Å²) in [7, 11) is 1.77. The van der Waals surface area contributed by atoms with Gasteiger partial charge < -0.3 is 9.67 Å². The van der Waals surface area contributed by atoms with Crippen LogP contribution in [-0.4, -0.2) is 50.7 Å². The Morgan fingerprint density at radius 2 is 2.17 bits per heavy atom. The first kappa shape index (κ1) is 19.7. The summed E-state index contributed by atoms with van der Waals surface area (Å²) in [5.74, 6) is 0. The number of allylic oxidation sites excluding steroid dienone is 2. The Labute approximate surface area is 169 Å². The first-order chi connectivity index (χ1) is 14.0. The molecule has 0 amide bonds. The monoisotopic (exact) mass is 397 g/mol. The van der Waals surface area contributed by atoms with E-state index in [4.69, 9.17) is 0 Å². The van der Waals surface area contributed by atoms with Crippen LogP contribution in [0.2, 0.25) is 0 Å². The summed E-state index contributed by atoms with van der Waals surface area (Å²) in [6.45, 7) is 4.51. The lowest BCUT2D eigenvalue weighted by Crippen LogP contribution is -2.55. The quantitative estimate of drug-likeness (QED) is 0.419. The maximum Gasteiger partial charge on any atom is 0.251 e. The minimum atomic E-state index is -0.828. The van der Waals surface area contributed by atoms with E-state index in [1.54, 1.807) is 23.9 Å². The van der Waals surface area contributed by atoms with Gasteiger partial charge in [-0.2, -0.15) is 5.10 Å². The Hall–Kier alpha value is -2.56. The number of aliphatic hydroxyl groups excluding tert-OH is 1. The third kappa shape index (κ3) is 3.96. The van der Waals surface area contributed by atoms with Crippen LogP contribution in [0, 0.1) is 6.92 Å². The zero-order valence-electron chi connectivity index (χ0n) is 16.8. The topological polar surface area (TPSA) is 108 Å². The zero-order chi connectivity index (χ0) is 20.5. The molecule has 0 radical (unpaired) electrons. The normalized spacial score (nSPS) is 24.8. The average Bonchev–Trinajstić information content (AvgIpc) is 3.34. The van der Waals surface area contributed by atoms with E-state index in [0.717, 1.165) is 22.5 Å². The molecule has 1 aliphatic carbocycles. The predicted octanol–water partition coefficient (Wildman–Crippen LogP) is -0.483. The second-order valence-corrected chi connectivity index (χ2v) is 7.32. The van der Waals surface area contributed by atoms with E-state index in [0.29, 0.717) is 6.54 Å². The van der Waals surface area contributed by atoms with Crippen molar-refractivity contribution in [2.45, 2.75) is 38.6 Å². The van der Waals surface area contributed by atoms with E-state index >= 15 is 0 Å². The van der Waals surface area contributed by atoms with Crippen LogP contribution in [0.3, 0.4) is 0 Å². The number of nitrogens with zero attached hydrogens (tertiary/aromatic N) is 3. The third-order valence-electron chi connectivity index (χ3n) is 5.37. The van der Waals surface area contributed by atoms with Crippen molar-refractivity contribution in [2.75, 3.05) is 6.54 Å². The van der Waals surface area contributed by atoms with Gasteiger partial charge in [-0.3, -0.25) is 26.1 Å². The summed E-state index contributed by atoms with van der Waals surface area (Å²) >= 11 is 0. The van der Waals surface area contributed by atoms with Gasteiger partial charge in [-0.05, 0) is 42.8 Å². The molecule has 3 unspecified atom stereocenters. The number of hydrogen-bond donors (Lipinski definition) is 5. The summed E-state index contributed by atoms with van der Waals surface area (Å²) in [4.78, 5) is 12.3. The lowest BCUT2D eigenvalue weighted by atomic mass is 9.92. The Morgan fingerprint density at radius 3 is 2.86 bits per heavy atom. The molecule has 0 saturated carbocycles. The summed E-state index contributed by atoms with van der Waals surface area (Å²) < 4.78 is 3.46. The maximum absolute atomic E-state index is 12.3. The Balaban J connectivity index is 1.68. The largest absolute Gasteiger partial charge is 0.365 e. The third-order valence-corrected chi connectivity index (χ3v) is 5.37. The average molecular weight is 397 g/mol.